The van der Waals surface area contributed by atoms with Gasteiger partial charge in [0.15, 0.2) is 0 Å². The maximum Gasteiger partial charge on any atom is 0.0334 e. The van der Waals surface area contributed by atoms with E-state index in [0.29, 0.717) is 5.92 Å². The van der Waals surface area contributed by atoms with E-state index in [4.69, 9.17) is 5.73 Å². The Labute approximate surface area is 97.4 Å². The molecule has 1 atom stereocenters. The summed E-state index contributed by atoms with van der Waals surface area (Å²) in [5, 5.41) is 0. The Morgan fingerprint density at radius 2 is 1.80 bits per heavy atom. The van der Waals surface area contributed by atoms with E-state index < -0.39 is 0 Å². The van der Waals surface area contributed by atoms with E-state index in [9.17, 15) is 0 Å². The summed E-state index contributed by atoms with van der Waals surface area (Å²) < 4.78 is 0. The summed E-state index contributed by atoms with van der Waals surface area (Å²) in [6, 6.07) is 8.66. The average Bonchev–Trinajstić information content (AvgIpc) is 2.30. The van der Waals surface area contributed by atoms with Crippen LogP contribution in [0.1, 0.15) is 38.3 Å². The van der Waals surface area contributed by atoms with Gasteiger partial charge < -0.3 is 5.73 Å². The fourth-order valence-corrected chi connectivity index (χ4v) is 2.65. The van der Waals surface area contributed by atoms with Gasteiger partial charge in [0.05, 0.1) is 0 Å². The van der Waals surface area contributed by atoms with Crippen LogP contribution in [0, 0.1) is 5.92 Å². The molecule has 0 heterocycles. The lowest BCUT2D eigenvalue weighted by atomic mass is 9.89. The van der Waals surface area contributed by atoms with Crippen LogP contribution in [0.25, 0.3) is 0 Å². The molecule has 1 rings (SSSR count). The van der Waals surface area contributed by atoms with Gasteiger partial charge in [-0.2, -0.15) is 0 Å². The van der Waals surface area contributed by atoms with E-state index in [1.807, 2.05) is 0 Å². The first-order chi connectivity index (χ1) is 7.24. The Kier molecular flexibility index (Phi) is 5.20. The zero-order chi connectivity index (χ0) is 11.3. The molecule has 0 amide bonds. The molecule has 0 radical (unpaired) electrons. The highest BCUT2D eigenvalue weighted by atomic mass is 32.2. The molecule has 0 fully saturated rings. The zero-order valence-corrected chi connectivity index (χ0v) is 10.7. The molecule has 0 saturated heterocycles. The predicted octanol–water partition coefficient (Wildman–Crippen LogP) is 3.84. The summed E-state index contributed by atoms with van der Waals surface area (Å²) in [4.78, 5) is 1.32. The second-order valence-corrected chi connectivity index (χ2v) is 4.69. The lowest BCUT2D eigenvalue weighted by molar-refractivity contribution is 0.402. The van der Waals surface area contributed by atoms with Crippen molar-refractivity contribution in [1.82, 2.24) is 0 Å². The Balaban J connectivity index is 2.93. The Hall–Kier alpha value is -0.470. The van der Waals surface area contributed by atoms with Gasteiger partial charge in [-0.15, -0.1) is 11.8 Å². The molecule has 84 valence electrons. The van der Waals surface area contributed by atoms with Crippen molar-refractivity contribution in [2.45, 2.75) is 37.6 Å². The van der Waals surface area contributed by atoms with Crippen LogP contribution in [0.15, 0.2) is 29.2 Å². The quantitative estimate of drug-likeness (QED) is 0.767. The van der Waals surface area contributed by atoms with E-state index in [0.717, 1.165) is 12.8 Å². The number of hydrogen-bond donors (Lipinski definition) is 1. The second kappa shape index (κ2) is 6.19. The largest absolute Gasteiger partial charge is 0.324 e. The summed E-state index contributed by atoms with van der Waals surface area (Å²) in [6.07, 6.45) is 4.42. The highest BCUT2D eigenvalue weighted by Gasteiger charge is 2.18. The molecule has 15 heavy (non-hydrogen) atoms. The molecule has 0 aliphatic heterocycles. The minimum Gasteiger partial charge on any atom is -0.324 e. The van der Waals surface area contributed by atoms with Crippen LogP contribution >= 0.6 is 11.8 Å². The van der Waals surface area contributed by atoms with Crippen LogP contribution in [0.4, 0.5) is 0 Å². The predicted molar refractivity (Wildman–Crippen MR) is 69.2 cm³/mol. The van der Waals surface area contributed by atoms with Crippen molar-refractivity contribution >= 4 is 11.8 Å². The van der Waals surface area contributed by atoms with Crippen LogP contribution < -0.4 is 5.73 Å². The highest BCUT2D eigenvalue weighted by Crippen LogP contribution is 2.31. The van der Waals surface area contributed by atoms with Gasteiger partial charge in [-0.05, 0) is 23.8 Å². The third-order valence-electron chi connectivity index (χ3n) is 3.05. The number of nitrogens with two attached hydrogens (primary N) is 1. The molecule has 0 aliphatic rings. The molecular formula is C13H21NS. The topological polar surface area (TPSA) is 26.0 Å². The van der Waals surface area contributed by atoms with E-state index in [-0.39, 0.29) is 6.04 Å². The van der Waals surface area contributed by atoms with Gasteiger partial charge in [-0.3, -0.25) is 0 Å². The standard InChI is InChI=1S/C13H21NS/c1-4-10(5-2)13(14)11-8-6-7-9-12(11)15-3/h6-10,13H,4-5,14H2,1-3H3. The number of rotatable bonds is 5. The van der Waals surface area contributed by atoms with Crippen LogP contribution in [-0.2, 0) is 0 Å². The first kappa shape index (κ1) is 12.6. The van der Waals surface area contributed by atoms with Gasteiger partial charge in [-0.1, -0.05) is 44.9 Å². The van der Waals surface area contributed by atoms with Crippen LogP contribution in [-0.4, -0.2) is 6.26 Å². The average molecular weight is 223 g/mol. The maximum atomic E-state index is 6.32. The van der Waals surface area contributed by atoms with Crippen LogP contribution in [0.2, 0.25) is 0 Å². The molecule has 1 nitrogen and oxygen atoms in total. The summed E-state index contributed by atoms with van der Waals surface area (Å²) in [6.45, 7) is 4.44. The highest BCUT2D eigenvalue weighted by molar-refractivity contribution is 7.98. The Morgan fingerprint density at radius 1 is 1.20 bits per heavy atom. The number of thioether (sulfide) groups is 1. The molecule has 1 aromatic carbocycles. The molecule has 1 unspecified atom stereocenters. The third-order valence-corrected chi connectivity index (χ3v) is 3.87. The molecule has 2 N–H and O–H groups in total. The first-order valence-corrected chi connectivity index (χ1v) is 6.85. The van der Waals surface area contributed by atoms with Gasteiger partial charge >= 0.3 is 0 Å². The van der Waals surface area contributed by atoms with Gasteiger partial charge in [0, 0.05) is 10.9 Å². The SMILES string of the molecule is CCC(CC)C(N)c1ccccc1SC. The summed E-state index contributed by atoms with van der Waals surface area (Å²) in [5.74, 6) is 0.596. The van der Waals surface area contributed by atoms with Crippen molar-refractivity contribution in [2.24, 2.45) is 11.7 Å². The Bertz CT molecular complexity index is 294. The van der Waals surface area contributed by atoms with Gasteiger partial charge in [0.2, 0.25) is 0 Å². The lowest BCUT2D eigenvalue weighted by Crippen LogP contribution is -2.21. The fraction of sp³-hybridized carbons (Fsp3) is 0.538. The maximum absolute atomic E-state index is 6.32. The van der Waals surface area contributed by atoms with Crippen molar-refractivity contribution in [2.75, 3.05) is 6.26 Å². The number of hydrogen-bond acceptors (Lipinski definition) is 2. The van der Waals surface area contributed by atoms with Crippen molar-refractivity contribution in [3.05, 3.63) is 29.8 Å². The summed E-state index contributed by atoms with van der Waals surface area (Å²) in [7, 11) is 0. The van der Waals surface area contributed by atoms with Crippen molar-refractivity contribution in [1.29, 1.82) is 0 Å². The smallest absolute Gasteiger partial charge is 0.0334 e. The summed E-state index contributed by atoms with van der Waals surface area (Å²) in [5.41, 5.74) is 7.63. The summed E-state index contributed by atoms with van der Waals surface area (Å²) >= 11 is 1.78. The Morgan fingerprint density at radius 3 is 2.33 bits per heavy atom. The normalized spacial score (nSPS) is 13.1. The van der Waals surface area contributed by atoms with E-state index in [1.54, 1.807) is 11.8 Å². The monoisotopic (exact) mass is 223 g/mol. The van der Waals surface area contributed by atoms with Crippen molar-refractivity contribution in [3.63, 3.8) is 0 Å². The third kappa shape index (κ3) is 2.99. The molecule has 1 aromatic rings. The van der Waals surface area contributed by atoms with Crippen LogP contribution in [0.5, 0.6) is 0 Å². The molecule has 0 aliphatic carbocycles. The molecule has 0 aromatic heterocycles. The first-order valence-electron chi connectivity index (χ1n) is 5.63. The minimum atomic E-state index is 0.184. The van der Waals surface area contributed by atoms with E-state index in [1.165, 1.54) is 10.5 Å². The zero-order valence-electron chi connectivity index (χ0n) is 9.86. The van der Waals surface area contributed by atoms with Gasteiger partial charge in [0.1, 0.15) is 0 Å². The minimum absolute atomic E-state index is 0.184. The van der Waals surface area contributed by atoms with Gasteiger partial charge in [0.25, 0.3) is 0 Å². The second-order valence-electron chi connectivity index (χ2n) is 3.84. The van der Waals surface area contributed by atoms with Gasteiger partial charge in [-0.25, -0.2) is 0 Å². The fourth-order valence-electron chi connectivity index (χ4n) is 1.99. The van der Waals surface area contributed by atoms with Crippen molar-refractivity contribution in [3.8, 4) is 0 Å². The number of benzene rings is 1. The van der Waals surface area contributed by atoms with E-state index >= 15 is 0 Å². The molecule has 0 spiro atoms. The van der Waals surface area contributed by atoms with Crippen molar-refractivity contribution < 1.29 is 0 Å². The van der Waals surface area contributed by atoms with Crippen LogP contribution in [0.3, 0.4) is 0 Å². The molecule has 2 heteroatoms. The molecule has 0 bridgehead atoms. The molecular weight excluding hydrogens is 202 g/mol. The lowest BCUT2D eigenvalue weighted by Gasteiger charge is -2.23. The molecule has 0 saturated carbocycles. The van der Waals surface area contributed by atoms with E-state index in [2.05, 4.69) is 44.4 Å².